The predicted octanol–water partition coefficient (Wildman–Crippen LogP) is 4.93. The fraction of sp³-hybridized carbons (Fsp3) is 0.280. The summed E-state index contributed by atoms with van der Waals surface area (Å²) in [6.07, 6.45) is 3.03. The van der Waals surface area contributed by atoms with Crippen molar-refractivity contribution in [1.82, 2.24) is 19.7 Å². The molecule has 8 nitrogen and oxygen atoms in total. The summed E-state index contributed by atoms with van der Waals surface area (Å²) in [5, 5.41) is 4.85. The second kappa shape index (κ2) is 9.65. The molecule has 0 radical (unpaired) electrons. The monoisotopic (exact) mass is 482 g/mol. The molecule has 0 spiro atoms. The van der Waals surface area contributed by atoms with Gasteiger partial charge in [0.2, 0.25) is 0 Å². The number of pyridine rings is 1. The number of esters is 1. The number of hydrogen-bond donors (Lipinski definition) is 0. The van der Waals surface area contributed by atoms with Gasteiger partial charge in [-0.15, -0.1) is 0 Å². The third-order valence-electron chi connectivity index (χ3n) is 5.54. The van der Waals surface area contributed by atoms with Crippen LogP contribution in [0.3, 0.4) is 0 Å². The van der Waals surface area contributed by atoms with Gasteiger partial charge in [0.15, 0.2) is 29.1 Å². The van der Waals surface area contributed by atoms with Crippen LogP contribution in [0, 0.1) is 11.6 Å². The van der Waals surface area contributed by atoms with E-state index in [2.05, 4.69) is 10.1 Å². The first kappa shape index (κ1) is 24.1. The second-order valence-corrected chi connectivity index (χ2v) is 8.20. The van der Waals surface area contributed by atoms with Crippen molar-refractivity contribution in [3.05, 3.63) is 71.6 Å². The molecule has 1 amide bonds. The van der Waals surface area contributed by atoms with Crippen molar-refractivity contribution in [3.8, 4) is 11.5 Å². The Bertz CT molecular complexity index is 1380. The summed E-state index contributed by atoms with van der Waals surface area (Å²) < 4.78 is 39.9. The lowest BCUT2D eigenvalue weighted by atomic mass is 10.0. The number of hydrogen-bond acceptors (Lipinski definition) is 6. The minimum atomic E-state index is -1.31. The molecule has 0 fully saturated rings. The van der Waals surface area contributed by atoms with Gasteiger partial charge < -0.3 is 14.1 Å². The number of rotatable bonds is 7. The molecule has 4 rings (SSSR count). The first-order valence-corrected chi connectivity index (χ1v) is 11.0. The summed E-state index contributed by atoms with van der Waals surface area (Å²) in [7, 11) is 1.40. The van der Waals surface area contributed by atoms with Crippen LogP contribution in [0.1, 0.15) is 48.8 Å². The molecule has 1 aromatic carbocycles. The highest BCUT2D eigenvalue weighted by atomic mass is 19.2. The molecule has 0 N–H and O–H groups in total. The molecule has 0 aliphatic rings. The maximum absolute atomic E-state index is 14.0. The topological polar surface area (TPSA) is 90.5 Å². The summed E-state index contributed by atoms with van der Waals surface area (Å²) in [6.45, 7) is 5.52. The first-order chi connectivity index (χ1) is 16.7. The van der Waals surface area contributed by atoms with Crippen molar-refractivity contribution >= 4 is 22.9 Å². The average Bonchev–Trinajstić information content (AvgIpc) is 3.50. The highest BCUT2D eigenvalue weighted by Crippen LogP contribution is 2.30. The second-order valence-electron chi connectivity index (χ2n) is 8.20. The van der Waals surface area contributed by atoms with Crippen molar-refractivity contribution in [2.75, 3.05) is 13.7 Å². The number of aromatic nitrogens is 3. The van der Waals surface area contributed by atoms with Crippen LogP contribution in [0.25, 0.3) is 22.5 Å². The molecule has 3 heterocycles. The molecular weight excluding hydrogens is 458 g/mol. The van der Waals surface area contributed by atoms with Crippen LogP contribution in [-0.2, 0) is 9.53 Å². The third kappa shape index (κ3) is 4.51. The van der Waals surface area contributed by atoms with E-state index in [1.807, 2.05) is 13.8 Å². The van der Waals surface area contributed by atoms with Crippen molar-refractivity contribution in [1.29, 1.82) is 0 Å². The molecule has 0 aliphatic carbocycles. The Balaban J connectivity index is 1.85. The molecule has 0 bridgehead atoms. The zero-order valence-electron chi connectivity index (χ0n) is 19.7. The number of carbonyl (C=O) groups excluding carboxylic acids is 2. The largest absolute Gasteiger partial charge is 0.464 e. The lowest BCUT2D eigenvalue weighted by Crippen LogP contribution is -2.37. The van der Waals surface area contributed by atoms with Crippen LogP contribution in [0.4, 0.5) is 8.78 Å². The zero-order chi connectivity index (χ0) is 25.3. The lowest BCUT2D eigenvalue weighted by Gasteiger charge is -2.27. The third-order valence-corrected chi connectivity index (χ3v) is 5.54. The summed E-state index contributed by atoms with van der Waals surface area (Å²) in [5.74, 6) is -3.09. The number of carbonyl (C=O) groups is 2. The van der Waals surface area contributed by atoms with E-state index in [1.165, 1.54) is 25.6 Å². The Morgan fingerprint density at radius 3 is 2.57 bits per heavy atom. The zero-order valence-corrected chi connectivity index (χ0v) is 19.7. The Hall–Kier alpha value is -4.08. The van der Waals surface area contributed by atoms with E-state index in [4.69, 9.17) is 9.15 Å². The number of benzene rings is 1. The quantitative estimate of drug-likeness (QED) is 0.347. The number of likely N-dealkylation sites (N-methyl/N-ethyl adjacent to an activating group) is 1. The van der Waals surface area contributed by atoms with Gasteiger partial charge in [0.25, 0.3) is 5.91 Å². The van der Waals surface area contributed by atoms with E-state index in [9.17, 15) is 18.4 Å². The molecule has 1 unspecified atom stereocenters. The van der Waals surface area contributed by atoms with Crippen molar-refractivity contribution in [3.63, 3.8) is 0 Å². The minimum Gasteiger partial charge on any atom is -0.464 e. The molecule has 35 heavy (non-hydrogen) atoms. The van der Waals surface area contributed by atoms with Gasteiger partial charge in [-0.1, -0.05) is 6.07 Å². The van der Waals surface area contributed by atoms with Gasteiger partial charge in [0.1, 0.15) is 5.69 Å². The van der Waals surface area contributed by atoms with Crippen LogP contribution in [0.5, 0.6) is 0 Å². The van der Waals surface area contributed by atoms with Gasteiger partial charge in [-0.25, -0.2) is 23.2 Å². The number of nitrogens with zero attached hydrogens (tertiary/aromatic N) is 4. The van der Waals surface area contributed by atoms with Gasteiger partial charge >= 0.3 is 5.97 Å². The summed E-state index contributed by atoms with van der Waals surface area (Å²) in [5.41, 5.74) is 1.16. The Morgan fingerprint density at radius 2 is 1.94 bits per heavy atom. The van der Waals surface area contributed by atoms with Crippen LogP contribution in [0.2, 0.25) is 0 Å². The molecule has 0 saturated carbocycles. The number of amides is 1. The number of halogens is 2. The van der Waals surface area contributed by atoms with Crippen LogP contribution < -0.4 is 0 Å². The molecule has 10 heteroatoms. The van der Waals surface area contributed by atoms with Crippen LogP contribution in [-0.4, -0.2) is 45.2 Å². The maximum atomic E-state index is 14.0. The normalized spacial score (nSPS) is 12.2. The van der Waals surface area contributed by atoms with Gasteiger partial charge in [-0.05, 0) is 56.7 Å². The number of ether oxygens (including phenoxy) is 1. The molecule has 1 atom stereocenters. The van der Waals surface area contributed by atoms with Gasteiger partial charge in [0.05, 0.1) is 30.0 Å². The van der Waals surface area contributed by atoms with E-state index in [-0.39, 0.29) is 23.8 Å². The Morgan fingerprint density at radius 1 is 1.17 bits per heavy atom. The fourth-order valence-corrected chi connectivity index (χ4v) is 3.85. The highest BCUT2D eigenvalue weighted by molar-refractivity contribution is 6.07. The Kier molecular flexibility index (Phi) is 6.63. The minimum absolute atomic E-state index is 0.0398. The number of fused-ring (bicyclic) bond motifs is 1. The van der Waals surface area contributed by atoms with Crippen LogP contribution >= 0.6 is 0 Å². The number of furan rings is 1. The van der Waals surface area contributed by atoms with Crippen molar-refractivity contribution in [2.24, 2.45) is 0 Å². The SMILES string of the molecule is CCOC(=O)C(c1ccc(F)c(F)c1)N(C)C(=O)c1cc(-c2ccco2)nc2c1cnn2C(C)C. The molecular formula is C25H24F2N4O4. The highest BCUT2D eigenvalue weighted by Gasteiger charge is 2.33. The van der Waals surface area contributed by atoms with E-state index in [0.29, 0.717) is 22.5 Å². The standard InChI is InChI=1S/C25H24F2N4O4/c1-5-34-25(33)22(15-8-9-18(26)19(27)11-15)30(4)24(32)16-12-20(21-7-6-10-35-21)29-23-17(16)13-28-31(23)14(2)3/h6-14,22H,5H2,1-4H3. The summed E-state index contributed by atoms with van der Waals surface area (Å²) in [6, 6.07) is 6.65. The maximum Gasteiger partial charge on any atom is 0.333 e. The van der Waals surface area contributed by atoms with Crippen molar-refractivity contribution < 1.29 is 27.5 Å². The van der Waals surface area contributed by atoms with E-state index >= 15 is 0 Å². The molecule has 4 aromatic rings. The first-order valence-electron chi connectivity index (χ1n) is 11.0. The molecule has 182 valence electrons. The van der Waals surface area contributed by atoms with E-state index in [1.54, 1.807) is 29.8 Å². The molecule has 0 aliphatic heterocycles. The Labute approximate surface area is 200 Å². The van der Waals surface area contributed by atoms with Crippen molar-refractivity contribution in [2.45, 2.75) is 32.9 Å². The average molecular weight is 482 g/mol. The van der Waals surface area contributed by atoms with Gasteiger partial charge in [-0.3, -0.25) is 4.79 Å². The lowest BCUT2D eigenvalue weighted by molar-refractivity contribution is -0.148. The predicted molar refractivity (Wildman–Crippen MR) is 123 cm³/mol. The van der Waals surface area contributed by atoms with Crippen LogP contribution in [0.15, 0.2) is 53.3 Å². The summed E-state index contributed by atoms with van der Waals surface area (Å²) in [4.78, 5) is 32.4. The fourth-order valence-electron chi connectivity index (χ4n) is 3.85. The van der Waals surface area contributed by atoms with E-state index in [0.717, 1.165) is 17.0 Å². The van der Waals surface area contributed by atoms with E-state index < -0.39 is 29.6 Å². The molecule has 3 aromatic heterocycles. The van der Waals surface area contributed by atoms with Gasteiger partial charge in [0, 0.05) is 13.1 Å². The van der Waals surface area contributed by atoms with Gasteiger partial charge in [-0.2, -0.15) is 5.10 Å². The summed E-state index contributed by atoms with van der Waals surface area (Å²) >= 11 is 0. The molecule has 0 saturated heterocycles. The smallest absolute Gasteiger partial charge is 0.333 e.